The molecular weight excluding hydrogens is 392 g/mol. The van der Waals surface area contributed by atoms with Crippen LogP contribution in [0.2, 0.25) is 0 Å². The van der Waals surface area contributed by atoms with Crippen molar-refractivity contribution in [2.75, 3.05) is 19.6 Å². The van der Waals surface area contributed by atoms with Gasteiger partial charge in [0.25, 0.3) is 0 Å². The minimum absolute atomic E-state index is 0. The van der Waals surface area contributed by atoms with Crippen LogP contribution in [0.1, 0.15) is 24.0 Å². The highest BCUT2D eigenvalue weighted by Crippen LogP contribution is 2.17. The summed E-state index contributed by atoms with van der Waals surface area (Å²) < 4.78 is 5.82. The number of hydrogen-bond acceptors (Lipinski definition) is 4. The van der Waals surface area contributed by atoms with Gasteiger partial charge in [-0.2, -0.15) is 0 Å². The first-order valence-corrected chi connectivity index (χ1v) is 9.58. The van der Waals surface area contributed by atoms with E-state index in [0.29, 0.717) is 45.6 Å². The fourth-order valence-electron chi connectivity index (χ4n) is 3.34. The molecule has 2 N–H and O–H groups in total. The normalized spacial score (nSPS) is 14.6. The number of carbonyl (C=O) groups excluding carboxylic acids is 1. The summed E-state index contributed by atoms with van der Waals surface area (Å²) >= 11 is 0. The minimum Gasteiger partial charge on any atom is -0.489 e. The number of carboxylic acids is 1. The summed E-state index contributed by atoms with van der Waals surface area (Å²) in [6.45, 7) is 2.48. The average Bonchev–Trinajstić information content (AvgIpc) is 2.72. The maximum absolute atomic E-state index is 12.3. The molecule has 3 rings (SSSR count). The molecule has 1 heterocycles. The molecule has 0 unspecified atom stereocenters. The smallest absolute Gasteiger partial charge is 0.306 e. The monoisotopic (exact) mass is 418 g/mol. The Kier molecular flexibility index (Phi) is 8.96. The molecule has 2 aromatic carbocycles. The first kappa shape index (κ1) is 22.7. The molecule has 1 aliphatic rings. The number of carboxylic acid groups (broad SMARTS) is 1. The van der Waals surface area contributed by atoms with Crippen LogP contribution in [0.5, 0.6) is 5.75 Å². The van der Waals surface area contributed by atoms with E-state index in [9.17, 15) is 9.59 Å². The number of rotatable bonds is 8. The molecule has 0 bridgehead atoms. The fourth-order valence-corrected chi connectivity index (χ4v) is 3.34. The van der Waals surface area contributed by atoms with Gasteiger partial charge in [0.2, 0.25) is 5.91 Å². The van der Waals surface area contributed by atoms with Gasteiger partial charge in [-0.3, -0.25) is 14.5 Å². The zero-order chi connectivity index (χ0) is 19.8. The number of para-hydroxylation sites is 1. The van der Waals surface area contributed by atoms with Crippen LogP contribution in [0.4, 0.5) is 0 Å². The highest BCUT2D eigenvalue weighted by atomic mass is 35.5. The van der Waals surface area contributed by atoms with Crippen LogP contribution < -0.4 is 10.1 Å². The first-order valence-electron chi connectivity index (χ1n) is 9.58. The van der Waals surface area contributed by atoms with Crippen LogP contribution in [-0.4, -0.2) is 41.5 Å². The largest absolute Gasteiger partial charge is 0.489 e. The zero-order valence-corrected chi connectivity index (χ0v) is 17.1. The van der Waals surface area contributed by atoms with E-state index in [0.717, 1.165) is 16.9 Å². The van der Waals surface area contributed by atoms with Crippen molar-refractivity contribution in [2.24, 2.45) is 5.92 Å². The Morgan fingerprint density at radius 3 is 2.28 bits per heavy atom. The van der Waals surface area contributed by atoms with Crippen molar-refractivity contribution in [3.05, 3.63) is 65.7 Å². The van der Waals surface area contributed by atoms with Crippen LogP contribution in [-0.2, 0) is 22.7 Å². The van der Waals surface area contributed by atoms with Crippen LogP contribution in [0.3, 0.4) is 0 Å². The van der Waals surface area contributed by atoms with Gasteiger partial charge in [-0.25, -0.2) is 0 Å². The van der Waals surface area contributed by atoms with Gasteiger partial charge in [-0.05, 0) is 49.2 Å². The molecule has 29 heavy (non-hydrogen) atoms. The number of hydrogen-bond donors (Lipinski definition) is 2. The molecule has 6 nitrogen and oxygen atoms in total. The Hall–Kier alpha value is -2.57. The third-order valence-corrected chi connectivity index (χ3v) is 5.04. The summed E-state index contributed by atoms with van der Waals surface area (Å²) in [4.78, 5) is 25.3. The Balaban J connectivity index is 0.00000300. The number of halogens is 1. The quantitative estimate of drug-likeness (QED) is 0.688. The molecule has 0 saturated carbocycles. The Morgan fingerprint density at radius 1 is 1.00 bits per heavy atom. The molecule has 0 aliphatic carbocycles. The third kappa shape index (κ3) is 7.07. The van der Waals surface area contributed by atoms with Crippen molar-refractivity contribution in [1.82, 2.24) is 10.2 Å². The molecular formula is C22H27ClN2O4. The number of carbonyl (C=O) groups is 2. The van der Waals surface area contributed by atoms with Gasteiger partial charge in [0.1, 0.15) is 12.4 Å². The number of ether oxygens (including phenoxy) is 1. The van der Waals surface area contributed by atoms with E-state index in [1.165, 1.54) is 0 Å². The number of nitrogens with zero attached hydrogens (tertiary/aromatic N) is 1. The van der Waals surface area contributed by atoms with Gasteiger partial charge in [-0.15, -0.1) is 12.4 Å². The van der Waals surface area contributed by atoms with E-state index in [1.807, 2.05) is 59.5 Å². The first-order chi connectivity index (χ1) is 13.6. The molecule has 0 aromatic heterocycles. The number of amides is 1. The Labute approximate surface area is 177 Å². The molecule has 0 atom stereocenters. The van der Waals surface area contributed by atoms with Crippen LogP contribution in [0, 0.1) is 5.92 Å². The highest BCUT2D eigenvalue weighted by Gasteiger charge is 2.25. The van der Waals surface area contributed by atoms with Gasteiger partial charge in [0.15, 0.2) is 0 Å². The van der Waals surface area contributed by atoms with Gasteiger partial charge in [0, 0.05) is 6.54 Å². The maximum Gasteiger partial charge on any atom is 0.306 e. The van der Waals surface area contributed by atoms with E-state index >= 15 is 0 Å². The summed E-state index contributed by atoms with van der Waals surface area (Å²) in [7, 11) is 0. The molecule has 2 aromatic rings. The minimum atomic E-state index is -0.738. The average molecular weight is 419 g/mol. The van der Waals surface area contributed by atoms with Gasteiger partial charge in [-0.1, -0.05) is 42.5 Å². The number of nitrogens with one attached hydrogen (secondary N) is 1. The van der Waals surface area contributed by atoms with E-state index in [4.69, 9.17) is 9.84 Å². The maximum atomic E-state index is 12.3. The SMILES string of the molecule is Cl.O=C(CN1CCC(C(=O)O)CC1)NCc1ccccc1COc1ccccc1. The Morgan fingerprint density at radius 2 is 1.62 bits per heavy atom. The molecule has 1 amide bonds. The van der Waals surface area contributed by atoms with E-state index < -0.39 is 5.97 Å². The molecule has 0 radical (unpaired) electrons. The lowest BCUT2D eigenvalue weighted by atomic mass is 9.97. The van der Waals surface area contributed by atoms with Crippen LogP contribution in [0.25, 0.3) is 0 Å². The number of piperidine rings is 1. The van der Waals surface area contributed by atoms with Crippen molar-refractivity contribution in [3.8, 4) is 5.75 Å². The lowest BCUT2D eigenvalue weighted by molar-refractivity contribution is -0.143. The molecule has 1 aliphatic heterocycles. The second kappa shape index (κ2) is 11.4. The summed E-state index contributed by atoms with van der Waals surface area (Å²) in [5, 5.41) is 12.0. The van der Waals surface area contributed by atoms with E-state index in [1.54, 1.807) is 0 Å². The van der Waals surface area contributed by atoms with Crippen molar-refractivity contribution >= 4 is 24.3 Å². The molecule has 156 valence electrons. The fraction of sp³-hybridized carbons (Fsp3) is 0.364. The standard InChI is InChI=1S/C22H26N2O4.ClH/c25-21(15-24-12-10-17(11-13-24)22(26)27)23-14-18-6-4-5-7-19(18)16-28-20-8-2-1-3-9-20;/h1-9,17H,10-16H2,(H,23,25)(H,26,27);1H. The highest BCUT2D eigenvalue weighted by molar-refractivity contribution is 5.85. The summed E-state index contributed by atoms with van der Waals surface area (Å²) in [5.41, 5.74) is 2.06. The lowest BCUT2D eigenvalue weighted by Crippen LogP contribution is -2.42. The predicted octanol–water partition coefficient (Wildman–Crippen LogP) is 3.10. The van der Waals surface area contributed by atoms with Crippen molar-refractivity contribution in [1.29, 1.82) is 0 Å². The molecule has 1 saturated heterocycles. The van der Waals surface area contributed by atoms with Gasteiger partial charge < -0.3 is 15.2 Å². The predicted molar refractivity (Wildman–Crippen MR) is 113 cm³/mol. The van der Waals surface area contributed by atoms with Crippen molar-refractivity contribution < 1.29 is 19.4 Å². The Bertz CT molecular complexity index is 792. The summed E-state index contributed by atoms with van der Waals surface area (Å²) in [6.07, 6.45) is 1.20. The topological polar surface area (TPSA) is 78.9 Å². The lowest BCUT2D eigenvalue weighted by Gasteiger charge is -2.29. The summed E-state index contributed by atoms with van der Waals surface area (Å²) in [5.74, 6) is -0.257. The van der Waals surface area contributed by atoms with Gasteiger partial charge >= 0.3 is 5.97 Å². The summed E-state index contributed by atoms with van der Waals surface area (Å²) in [6, 6.07) is 17.5. The van der Waals surface area contributed by atoms with E-state index in [-0.39, 0.29) is 24.2 Å². The molecule has 7 heteroatoms. The third-order valence-electron chi connectivity index (χ3n) is 5.04. The van der Waals surface area contributed by atoms with E-state index in [2.05, 4.69) is 5.32 Å². The van der Waals surface area contributed by atoms with Gasteiger partial charge in [0.05, 0.1) is 12.5 Å². The van der Waals surface area contributed by atoms with Crippen LogP contribution >= 0.6 is 12.4 Å². The van der Waals surface area contributed by atoms with Crippen molar-refractivity contribution in [3.63, 3.8) is 0 Å². The number of benzene rings is 2. The number of likely N-dealkylation sites (tertiary alicyclic amines) is 1. The van der Waals surface area contributed by atoms with Crippen molar-refractivity contribution in [2.45, 2.75) is 26.0 Å². The number of aliphatic carboxylic acids is 1. The molecule has 1 fully saturated rings. The second-order valence-corrected chi connectivity index (χ2v) is 7.04. The van der Waals surface area contributed by atoms with Crippen LogP contribution in [0.15, 0.2) is 54.6 Å². The molecule has 0 spiro atoms. The second-order valence-electron chi connectivity index (χ2n) is 7.04. The zero-order valence-electron chi connectivity index (χ0n) is 16.3.